The van der Waals surface area contributed by atoms with E-state index in [1.165, 1.54) is 7.11 Å². The van der Waals surface area contributed by atoms with E-state index in [2.05, 4.69) is 25.7 Å². The Labute approximate surface area is 129 Å². The monoisotopic (exact) mass is 355 g/mol. The van der Waals surface area contributed by atoms with Gasteiger partial charge in [-0.3, -0.25) is 4.79 Å². The number of aryl methyl sites for hydroxylation is 1. The number of halogens is 1. The molecule has 0 unspecified atom stereocenters. The molecule has 1 aromatic heterocycles. The van der Waals surface area contributed by atoms with Gasteiger partial charge in [-0.1, -0.05) is 0 Å². The van der Waals surface area contributed by atoms with Crippen LogP contribution in [0.4, 0.5) is 0 Å². The van der Waals surface area contributed by atoms with Gasteiger partial charge in [0.1, 0.15) is 10.8 Å². The maximum absolute atomic E-state index is 11.1. The van der Waals surface area contributed by atoms with Crippen molar-refractivity contribution in [2.45, 2.75) is 12.8 Å². The second kappa shape index (κ2) is 6.85. The molecule has 1 heterocycles. The lowest BCUT2D eigenvalue weighted by Gasteiger charge is -2.04. The van der Waals surface area contributed by atoms with Crippen LogP contribution in [0.5, 0.6) is 5.75 Å². The van der Waals surface area contributed by atoms with Crippen LogP contribution in [0.15, 0.2) is 28.1 Å². The number of hydrogen-bond donors (Lipinski definition) is 0. The Hall–Kier alpha value is -1.40. The summed E-state index contributed by atoms with van der Waals surface area (Å²) < 4.78 is 10.7. The van der Waals surface area contributed by atoms with E-state index in [-0.39, 0.29) is 5.97 Å². The van der Waals surface area contributed by atoms with Gasteiger partial charge in [-0.15, -0.1) is 11.3 Å². The van der Waals surface area contributed by atoms with Crippen LogP contribution in [0.2, 0.25) is 0 Å². The summed E-state index contributed by atoms with van der Waals surface area (Å²) in [5, 5.41) is 2.89. The summed E-state index contributed by atoms with van der Waals surface area (Å²) in [4.78, 5) is 15.6. The lowest BCUT2D eigenvalue weighted by molar-refractivity contribution is -0.140. The normalized spacial score (nSPS) is 10.3. The highest BCUT2D eigenvalue weighted by Gasteiger charge is 2.09. The first-order valence-electron chi connectivity index (χ1n) is 5.99. The molecule has 6 heteroatoms. The van der Waals surface area contributed by atoms with E-state index >= 15 is 0 Å². The number of carbonyl (C=O) groups is 1. The average Bonchev–Trinajstić information content (AvgIpc) is 2.93. The van der Waals surface area contributed by atoms with Crippen molar-refractivity contribution in [3.05, 3.63) is 33.7 Å². The number of methoxy groups -OCH3 is 2. The van der Waals surface area contributed by atoms with E-state index in [0.717, 1.165) is 26.5 Å². The number of rotatable bonds is 5. The smallest absolute Gasteiger partial charge is 0.305 e. The van der Waals surface area contributed by atoms with Crippen LogP contribution in [0.1, 0.15) is 12.1 Å². The van der Waals surface area contributed by atoms with Crippen molar-refractivity contribution in [1.82, 2.24) is 4.98 Å². The van der Waals surface area contributed by atoms with Gasteiger partial charge in [0.15, 0.2) is 0 Å². The number of benzene rings is 1. The topological polar surface area (TPSA) is 48.4 Å². The molecule has 0 aliphatic carbocycles. The predicted octanol–water partition coefficient (Wildman–Crippen LogP) is 3.69. The molecule has 0 amide bonds. The minimum absolute atomic E-state index is 0.216. The summed E-state index contributed by atoms with van der Waals surface area (Å²) in [5.74, 6) is 0.572. The Bertz CT molecular complexity index is 612. The molecule has 0 aliphatic rings. The first-order valence-corrected chi connectivity index (χ1v) is 7.66. The van der Waals surface area contributed by atoms with Crippen molar-refractivity contribution in [1.29, 1.82) is 0 Å². The number of esters is 1. The molecule has 4 nitrogen and oxygen atoms in total. The molecule has 0 fully saturated rings. The Morgan fingerprint density at radius 3 is 2.85 bits per heavy atom. The molecule has 1 aromatic carbocycles. The highest BCUT2D eigenvalue weighted by Crippen LogP contribution is 2.32. The van der Waals surface area contributed by atoms with Gasteiger partial charge >= 0.3 is 5.97 Å². The van der Waals surface area contributed by atoms with Crippen molar-refractivity contribution in [2.24, 2.45) is 0 Å². The zero-order valence-corrected chi connectivity index (χ0v) is 13.6. The second-order valence-electron chi connectivity index (χ2n) is 4.07. The molecule has 2 rings (SSSR count). The molecular weight excluding hydrogens is 342 g/mol. The van der Waals surface area contributed by atoms with Crippen LogP contribution < -0.4 is 4.74 Å². The van der Waals surface area contributed by atoms with Crippen molar-refractivity contribution < 1.29 is 14.3 Å². The number of carbonyl (C=O) groups excluding carboxylic acids is 1. The van der Waals surface area contributed by atoms with Gasteiger partial charge in [-0.25, -0.2) is 4.98 Å². The van der Waals surface area contributed by atoms with Crippen LogP contribution in [0, 0.1) is 0 Å². The highest BCUT2D eigenvalue weighted by molar-refractivity contribution is 9.10. The Balaban J connectivity index is 2.12. The number of aromatic nitrogens is 1. The third-order valence-electron chi connectivity index (χ3n) is 2.76. The summed E-state index contributed by atoms with van der Waals surface area (Å²) >= 11 is 5.02. The standard InChI is InChI=1S/C14H14BrNO3S/c1-18-12-5-3-9(7-11(12)15)14-16-10(8-20-14)4-6-13(17)19-2/h3,5,7-8H,4,6H2,1-2H3. The van der Waals surface area contributed by atoms with Crippen LogP contribution in [-0.4, -0.2) is 25.2 Å². The fraction of sp³-hybridized carbons (Fsp3) is 0.286. The number of nitrogens with zero attached hydrogens (tertiary/aromatic N) is 1. The fourth-order valence-corrected chi connectivity index (χ4v) is 3.08. The van der Waals surface area contributed by atoms with Crippen molar-refractivity contribution in [3.63, 3.8) is 0 Å². The van der Waals surface area contributed by atoms with Crippen molar-refractivity contribution >= 4 is 33.2 Å². The minimum Gasteiger partial charge on any atom is -0.496 e. The van der Waals surface area contributed by atoms with Gasteiger partial charge in [0.05, 0.1) is 30.8 Å². The molecule has 20 heavy (non-hydrogen) atoms. The van der Waals surface area contributed by atoms with Gasteiger partial charge in [-0.2, -0.15) is 0 Å². The molecule has 106 valence electrons. The van der Waals surface area contributed by atoms with Gasteiger partial charge in [-0.05, 0) is 34.1 Å². The summed E-state index contributed by atoms with van der Waals surface area (Å²) in [5.41, 5.74) is 1.93. The van der Waals surface area contributed by atoms with Gasteiger partial charge < -0.3 is 9.47 Å². The summed E-state index contributed by atoms with van der Waals surface area (Å²) in [6, 6.07) is 5.84. The highest BCUT2D eigenvalue weighted by atomic mass is 79.9. The number of thiazole rings is 1. The maximum Gasteiger partial charge on any atom is 0.305 e. The summed E-state index contributed by atoms with van der Waals surface area (Å²) in [6.07, 6.45) is 0.951. The SMILES string of the molecule is COC(=O)CCc1csc(-c2ccc(OC)c(Br)c2)n1. The maximum atomic E-state index is 11.1. The predicted molar refractivity (Wildman–Crippen MR) is 82.1 cm³/mol. The molecule has 0 bridgehead atoms. The van der Waals surface area contributed by atoms with Gasteiger partial charge in [0.2, 0.25) is 0 Å². The molecular formula is C14H14BrNO3S. The molecule has 0 spiro atoms. The third-order valence-corrected chi connectivity index (χ3v) is 4.32. The first-order chi connectivity index (χ1) is 9.63. The van der Waals surface area contributed by atoms with E-state index in [1.54, 1.807) is 18.4 Å². The minimum atomic E-state index is -0.216. The zero-order chi connectivity index (χ0) is 14.5. The zero-order valence-electron chi connectivity index (χ0n) is 11.2. The molecule has 2 aromatic rings. The Morgan fingerprint density at radius 1 is 1.40 bits per heavy atom. The first kappa shape index (κ1) is 15.0. The van der Waals surface area contributed by atoms with Gasteiger partial charge in [0.25, 0.3) is 0 Å². The van der Waals surface area contributed by atoms with Crippen LogP contribution in [-0.2, 0) is 16.0 Å². The number of hydrogen-bond acceptors (Lipinski definition) is 5. The Morgan fingerprint density at radius 2 is 2.20 bits per heavy atom. The van der Waals surface area contributed by atoms with E-state index in [1.807, 2.05) is 23.6 Å². The van der Waals surface area contributed by atoms with E-state index in [9.17, 15) is 4.79 Å². The Kier molecular flexibility index (Phi) is 5.14. The molecule has 0 N–H and O–H groups in total. The van der Waals surface area contributed by atoms with Gasteiger partial charge in [0, 0.05) is 17.4 Å². The lowest BCUT2D eigenvalue weighted by atomic mass is 10.2. The molecule has 0 saturated heterocycles. The lowest BCUT2D eigenvalue weighted by Crippen LogP contribution is -2.01. The number of ether oxygens (including phenoxy) is 2. The van der Waals surface area contributed by atoms with Crippen LogP contribution >= 0.6 is 27.3 Å². The van der Waals surface area contributed by atoms with Crippen molar-refractivity contribution in [3.8, 4) is 16.3 Å². The fourth-order valence-electron chi connectivity index (χ4n) is 1.69. The summed E-state index contributed by atoms with van der Waals surface area (Å²) in [7, 11) is 3.03. The average molecular weight is 356 g/mol. The van der Waals surface area contributed by atoms with E-state index in [0.29, 0.717) is 12.8 Å². The molecule has 0 atom stereocenters. The van der Waals surface area contributed by atoms with E-state index in [4.69, 9.17) is 4.74 Å². The van der Waals surface area contributed by atoms with Crippen LogP contribution in [0.25, 0.3) is 10.6 Å². The summed E-state index contributed by atoms with van der Waals surface area (Å²) in [6.45, 7) is 0. The second-order valence-corrected chi connectivity index (χ2v) is 5.78. The largest absolute Gasteiger partial charge is 0.496 e. The third kappa shape index (κ3) is 3.58. The van der Waals surface area contributed by atoms with Crippen molar-refractivity contribution in [2.75, 3.05) is 14.2 Å². The van der Waals surface area contributed by atoms with E-state index < -0.39 is 0 Å². The quantitative estimate of drug-likeness (QED) is 0.767. The molecule has 0 saturated carbocycles. The molecule has 0 aliphatic heterocycles. The molecule has 0 radical (unpaired) electrons. The van der Waals surface area contributed by atoms with Crippen LogP contribution in [0.3, 0.4) is 0 Å².